The van der Waals surface area contributed by atoms with Gasteiger partial charge in [-0.25, -0.2) is 4.98 Å². The number of hydrogen-bond acceptors (Lipinski definition) is 6. The number of nitrogens with one attached hydrogen (secondary N) is 1. The van der Waals surface area contributed by atoms with E-state index in [0.717, 1.165) is 67.3 Å². The lowest BCUT2D eigenvalue weighted by atomic mass is 10.1. The van der Waals surface area contributed by atoms with Crippen LogP contribution in [0.4, 0.5) is 5.69 Å². The molecule has 1 aromatic heterocycles. The summed E-state index contributed by atoms with van der Waals surface area (Å²) in [6.07, 6.45) is 5.39. The molecule has 6 nitrogen and oxygen atoms in total. The zero-order valence-corrected chi connectivity index (χ0v) is 18.7. The topological polar surface area (TPSA) is 49.9 Å². The summed E-state index contributed by atoms with van der Waals surface area (Å²) in [4.78, 5) is 9.65. The lowest BCUT2D eigenvalue weighted by Crippen LogP contribution is -2.37. The number of methoxy groups -OCH3 is 1. The molecular weight excluding hydrogens is 400 g/mol. The Morgan fingerprint density at radius 1 is 1.10 bits per heavy atom. The van der Waals surface area contributed by atoms with Crippen LogP contribution in [0.15, 0.2) is 18.2 Å². The molecule has 0 saturated carbocycles. The van der Waals surface area contributed by atoms with Gasteiger partial charge in [-0.15, -0.1) is 0 Å². The molecule has 2 aliphatic heterocycles. The number of fused-ring (bicyclic) bond motifs is 1. The molecule has 1 N–H and O–H groups in total. The van der Waals surface area contributed by atoms with Crippen molar-refractivity contribution in [3.05, 3.63) is 28.9 Å². The van der Waals surface area contributed by atoms with Crippen LogP contribution in [0.1, 0.15) is 31.2 Å². The fraction of sp³-hybridized carbons (Fsp3) is 0.609. The number of ether oxygens (including phenoxy) is 2. The van der Waals surface area contributed by atoms with E-state index in [4.69, 9.17) is 21.1 Å². The van der Waals surface area contributed by atoms with Gasteiger partial charge in [0.25, 0.3) is 0 Å². The molecule has 2 aromatic rings. The molecule has 0 spiro atoms. The van der Waals surface area contributed by atoms with Gasteiger partial charge in [-0.3, -0.25) is 0 Å². The third-order valence-electron chi connectivity index (χ3n) is 6.14. The average Bonchev–Trinajstić information content (AvgIpc) is 3.06. The van der Waals surface area contributed by atoms with Gasteiger partial charge >= 0.3 is 0 Å². The predicted octanol–water partition coefficient (Wildman–Crippen LogP) is 3.70. The molecule has 0 unspecified atom stereocenters. The second-order valence-corrected chi connectivity index (χ2v) is 8.50. The Morgan fingerprint density at radius 3 is 2.60 bits per heavy atom. The number of anilines is 1. The van der Waals surface area contributed by atoms with Crippen molar-refractivity contribution in [1.29, 1.82) is 0 Å². The van der Waals surface area contributed by atoms with Crippen molar-refractivity contribution in [3.8, 4) is 5.75 Å². The summed E-state index contributed by atoms with van der Waals surface area (Å²) in [5.74, 6) is 0.834. The maximum absolute atomic E-state index is 6.70. The van der Waals surface area contributed by atoms with Gasteiger partial charge in [-0.05, 0) is 44.1 Å². The number of aromatic nitrogens is 1. The van der Waals surface area contributed by atoms with E-state index in [-0.39, 0.29) is 0 Å². The quantitative estimate of drug-likeness (QED) is 0.531. The molecule has 2 aliphatic rings. The summed E-state index contributed by atoms with van der Waals surface area (Å²) >= 11 is 6.70. The highest BCUT2D eigenvalue weighted by Crippen LogP contribution is 2.36. The molecule has 164 valence electrons. The van der Waals surface area contributed by atoms with E-state index < -0.39 is 0 Å². The first kappa shape index (κ1) is 21.6. The number of pyridine rings is 1. The van der Waals surface area contributed by atoms with Crippen molar-refractivity contribution in [1.82, 2.24) is 15.2 Å². The van der Waals surface area contributed by atoms with E-state index >= 15 is 0 Å². The van der Waals surface area contributed by atoms with E-state index in [0.29, 0.717) is 11.7 Å². The minimum Gasteiger partial charge on any atom is -0.497 e. The molecule has 1 aromatic carbocycles. The number of likely N-dealkylation sites (tertiary alicyclic amines) is 1. The number of nitrogens with zero attached hydrogens (tertiary/aromatic N) is 3. The smallest absolute Gasteiger partial charge is 0.136 e. The van der Waals surface area contributed by atoms with Gasteiger partial charge in [0.1, 0.15) is 10.9 Å². The van der Waals surface area contributed by atoms with Crippen LogP contribution < -0.4 is 15.0 Å². The second kappa shape index (κ2) is 10.6. The van der Waals surface area contributed by atoms with Crippen LogP contribution >= 0.6 is 11.6 Å². The molecule has 0 bridgehead atoms. The van der Waals surface area contributed by atoms with Crippen molar-refractivity contribution in [2.75, 3.05) is 64.5 Å². The van der Waals surface area contributed by atoms with Gasteiger partial charge in [0.2, 0.25) is 0 Å². The molecule has 7 heteroatoms. The Bertz CT molecular complexity index is 834. The molecule has 2 saturated heterocycles. The number of benzene rings is 1. The molecule has 3 heterocycles. The maximum atomic E-state index is 6.70. The fourth-order valence-corrected chi connectivity index (χ4v) is 4.73. The second-order valence-electron chi connectivity index (χ2n) is 8.14. The third-order valence-corrected chi connectivity index (χ3v) is 6.46. The van der Waals surface area contributed by atoms with E-state index in [1.165, 1.54) is 38.8 Å². The van der Waals surface area contributed by atoms with Crippen LogP contribution in [0.2, 0.25) is 5.15 Å². The molecule has 0 radical (unpaired) electrons. The van der Waals surface area contributed by atoms with Crippen molar-refractivity contribution < 1.29 is 9.47 Å². The first-order valence-electron chi connectivity index (χ1n) is 11.2. The van der Waals surface area contributed by atoms with Crippen LogP contribution in [0.3, 0.4) is 0 Å². The summed E-state index contributed by atoms with van der Waals surface area (Å²) in [6.45, 7) is 8.35. The van der Waals surface area contributed by atoms with Crippen LogP contribution in [-0.2, 0) is 11.3 Å². The van der Waals surface area contributed by atoms with Gasteiger partial charge in [0.15, 0.2) is 0 Å². The largest absolute Gasteiger partial charge is 0.497 e. The van der Waals surface area contributed by atoms with Crippen molar-refractivity contribution in [2.45, 2.75) is 32.2 Å². The molecule has 0 atom stereocenters. The van der Waals surface area contributed by atoms with Crippen LogP contribution in [0.25, 0.3) is 10.9 Å². The molecule has 0 aliphatic carbocycles. The van der Waals surface area contributed by atoms with E-state index in [1.807, 2.05) is 12.1 Å². The Hall–Kier alpha value is -1.60. The molecule has 4 rings (SSSR count). The zero-order valence-electron chi connectivity index (χ0n) is 18.0. The fourth-order valence-electron chi connectivity index (χ4n) is 4.48. The highest BCUT2D eigenvalue weighted by molar-refractivity contribution is 6.31. The highest BCUT2D eigenvalue weighted by atomic mass is 35.5. The number of hydrogen-bond donors (Lipinski definition) is 1. The molecular formula is C23H33ClN4O2. The summed E-state index contributed by atoms with van der Waals surface area (Å²) in [6, 6.07) is 6.00. The van der Waals surface area contributed by atoms with Gasteiger partial charge in [-0.2, -0.15) is 0 Å². The Labute approximate surface area is 184 Å². The normalized spacial score (nSPS) is 18.5. The van der Waals surface area contributed by atoms with E-state index in [2.05, 4.69) is 26.2 Å². The SMILES string of the molecule is COc1ccc2nc(Cl)c(CNCCN3CCCCCC3)c(N3CCOCC3)c2c1. The Kier molecular flexibility index (Phi) is 7.66. The maximum Gasteiger partial charge on any atom is 0.136 e. The van der Waals surface area contributed by atoms with Gasteiger partial charge in [0.05, 0.1) is 31.5 Å². The number of halogens is 1. The van der Waals surface area contributed by atoms with Gasteiger partial charge in [-0.1, -0.05) is 24.4 Å². The minimum absolute atomic E-state index is 0.580. The highest BCUT2D eigenvalue weighted by Gasteiger charge is 2.21. The van der Waals surface area contributed by atoms with Gasteiger partial charge in [0, 0.05) is 43.7 Å². The predicted molar refractivity (Wildman–Crippen MR) is 123 cm³/mol. The van der Waals surface area contributed by atoms with Crippen molar-refractivity contribution in [2.24, 2.45) is 0 Å². The Morgan fingerprint density at radius 2 is 1.87 bits per heavy atom. The van der Waals surface area contributed by atoms with Crippen molar-refractivity contribution >= 4 is 28.2 Å². The third kappa shape index (κ3) is 5.17. The lowest BCUT2D eigenvalue weighted by Gasteiger charge is -2.32. The van der Waals surface area contributed by atoms with Crippen LogP contribution in [-0.4, -0.2) is 69.5 Å². The van der Waals surface area contributed by atoms with Crippen LogP contribution in [0, 0.1) is 0 Å². The first-order valence-corrected chi connectivity index (χ1v) is 11.6. The van der Waals surface area contributed by atoms with E-state index in [9.17, 15) is 0 Å². The van der Waals surface area contributed by atoms with Crippen molar-refractivity contribution in [3.63, 3.8) is 0 Å². The number of rotatable bonds is 7. The summed E-state index contributed by atoms with van der Waals surface area (Å²) < 4.78 is 11.1. The van der Waals surface area contributed by atoms with Gasteiger partial charge < -0.3 is 24.6 Å². The standard InChI is InChI=1S/C23H33ClN4O2/c1-29-18-6-7-21-19(16-18)22(28-12-14-30-15-13-28)20(23(24)26-21)17-25-8-11-27-9-4-2-3-5-10-27/h6-7,16,25H,2-5,8-15,17H2,1H3. The minimum atomic E-state index is 0.580. The summed E-state index contributed by atoms with van der Waals surface area (Å²) in [7, 11) is 1.70. The molecule has 30 heavy (non-hydrogen) atoms. The summed E-state index contributed by atoms with van der Waals surface area (Å²) in [5.41, 5.74) is 3.13. The number of morpholine rings is 1. The van der Waals surface area contributed by atoms with Crippen LogP contribution in [0.5, 0.6) is 5.75 Å². The van der Waals surface area contributed by atoms with E-state index in [1.54, 1.807) is 7.11 Å². The monoisotopic (exact) mass is 432 g/mol. The molecule has 2 fully saturated rings. The average molecular weight is 433 g/mol. The Balaban J connectivity index is 1.55. The first-order chi connectivity index (χ1) is 14.8. The summed E-state index contributed by atoms with van der Waals surface area (Å²) in [5, 5.41) is 5.30. The lowest BCUT2D eigenvalue weighted by molar-refractivity contribution is 0.122. The molecule has 0 amide bonds. The zero-order chi connectivity index (χ0) is 20.8.